The number of amides is 1. The average Bonchev–Trinajstić information content (AvgIpc) is 2.47. The highest BCUT2D eigenvalue weighted by Crippen LogP contribution is 2.18. The van der Waals surface area contributed by atoms with E-state index in [0.29, 0.717) is 6.42 Å². The summed E-state index contributed by atoms with van der Waals surface area (Å²) in [4.78, 5) is 20.0. The highest BCUT2D eigenvalue weighted by molar-refractivity contribution is 5.93. The first-order valence-electron chi connectivity index (χ1n) is 7.51. The summed E-state index contributed by atoms with van der Waals surface area (Å²) in [6.45, 7) is 2.18. The van der Waals surface area contributed by atoms with Crippen LogP contribution < -0.4 is 11.1 Å². The molecule has 5 heteroatoms. The fourth-order valence-electron chi connectivity index (χ4n) is 2.24. The first-order chi connectivity index (χ1) is 10.2. The highest BCUT2D eigenvalue weighted by atomic mass is 16.1. The Hall–Kier alpha value is -2.17. The second kappa shape index (κ2) is 7.57. The molecule has 2 aromatic rings. The molecule has 21 heavy (non-hydrogen) atoms. The number of fused-ring (bicyclic) bond motifs is 1. The summed E-state index contributed by atoms with van der Waals surface area (Å²) in [5.74, 6) is 0.313. The quantitative estimate of drug-likeness (QED) is 0.763. The van der Waals surface area contributed by atoms with Crippen LogP contribution in [0.4, 0.5) is 11.6 Å². The van der Waals surface area contributed by atoms with Crippen molar-refractivity contribution in [2.75, 3.05) is 11.1 Å². The number of aromatic nitrogens is 2. The zero-order valence-corrected chi connectivity index (χ0v) is 12.4. The molecule has 0 aliphatic heterocycles. The van der Waals surface area contributed by atoms with Crippen molar-refractivity contribution in [1.29, 1.82) is 0 Å². The summed E-state index contributed by atoms with van der Waals surface area (Å²) >= 11 is 0. The van der Waals surface area contributed by atoms with E-state index >= 15 is 0 Å². The number of unbranched alkanes of at least 4 members (excludes halogenated alkanes) is 4. The minimum Gasteiger partial charge on any atom is -0.368 e. The van der Waals surface area contributed by atoms with Gasteiger partial charge in [0.2, 0.25) is 11.9 Å². The van der Waals surface area contributed by atoms with Crippen LogP contribution >= 0.6 is 0 Å². The van der Waals surface area contributed by atoms with Crippen LogP contribution in [0, 0.1) is 0 Å². The Labute approximate surface area is 125 Å². The number of nitrogens with zero attached hydrogens (tertiary/aromatic N) is 2. The Morgan fingerprint density at radius 3 is 2.86 bits per heavy atom. The van der Waals surface area contributed by atoms with Gasteiger partial charge >= 0.3 is 0 Å². The number of nitrogens with one attached hydrogen (secondary N) is 1. The van der Waals surface area contributed by atoms with Gasteiger partial charge < -0.3 is 11.1 Å². The summed E-state index contributed by atoms with van der Waals surface area (Å²) in [6.07, 6.45) is 7.97. The van der Waals surface area contributed by atoms with E-state index in [9.17, 15) is 4.79 Å². The van der Waals surface area contributed by atoms with Gasteiger partial charge in [0.05, 0.1) is 5.52 Å². The van der Waals surface area contributed by atoms with E-state index in [4.69, 9.17) is 5.73 Å². The van der Waals surface area contributed by atoms with E-state index in [-0.39, 0.29) is 11.9 Å². The first kappa shape index (κ1) is 15.2. The molecular weight excluding hydrogens is 264 g/mol. The van der Waals surface area contributed by atoms with Crippen molar-refractivity contribution in [3.05, 3.63) is 24.4 Å². The summed E-state index contributed by atoms with van der Waals surface area (Å²) in [7, 11) is 0. The van der Waals surface area contributed by atoms with Gasteiger partial charge in [-0.15, -0.1) is 0 Å². The fourth-order valence-corrected chi connectivity index (χ4v) is 2.24. The minimum atomic E-state index is 0.0576. The van der Waals surface area contributed by atoms with Crippen molar-refractivity contribution >= 4 is 28.4 Å². The molecule has 0 saturated carbocycles. The molecule has 0 radical (unpaired) electrons. The van der Waals surface area contributed by atoms with E-state index in [1.807, 2.05) is 18.2 Å². The molecule has 0 saturated heterocycles. The van der Waals surface area contributed by atoms with E-state index in [0.717, 1.165) is 29.4 Å². The number of carbonyl (C=O) groups excluding carboxylic acids is 1. The third-order valence-corrected chi connectivity index (χ3v) is 3.39. The molecule has 0 spiro atoms. The fraction of sp³-hybridized carbons (Fsp3) is 0.438. The van der Waals surface area contributed by atoms with Gasteiger partial charge in [-0.1, -0.05) is 32.6 Å². The van der Waals surface area contributed by atoms with Gasteiger partial charge in [-0.25, -0.2) is 9.97 Å². The maximum atomic E-state index is 11.9. The normalized spacial score (nSPS) is 10.7. The van der Waals surface area contributed by atoms with Gasteiger partial charge in [0.25, 0.3) is 0 Å². The van der Waals surface area contributed by atoms with Gasteiger partial charge in [-0.3, -0.25) is 4.79 Å². The van der Waals surface area contributed by atoms with Crippen LogP contribution in [0.1, 0.15) is 45.4 Å². The summed E-state index contributed by atoms with van der Waals surface area (Å²) in [5.41, 5.74) is 7.09. The van der Waals surface area contributed by atoms with Crippen LogP contribution in [0.25, 0.3) is 10.9 Å². The van der Waals surface area contributed by atoms with E-state index in [1.165, 1.54) is 19.3 Å². The van der Waals surface area contributed by atoms with Crippen molar-refractivity contribution in [1.82, 2.24) is 9.97 Å². The summed E-state index contributed by atoms with van der Waals surface area (Å²) in [6, 6.07) is 5.54. The van der Waals surface area contributed by atoms with Gasteiger partial charge in [-0.2, -0.15) is 0 Å². The molecule has 0 aliphatic rings. The largest absolute Gasteiger partial charge is 0.368 e. The molecule has 5 nitrogen and oxygen atoms in total. The molecule has 0 fully saturated rings. The lowest BCUT2D eigenvalue weighted by atomic mass is 10.1. The van der Waals surface area contributed by atoms with Crippen molar-refractivity contribution in [3.63, 3.8) is 0 Å². The van der Waals surface area contributed by atoms with Gasteiger partial charge in [0, 0.05) is 23.7 Å². The third kappa shape index (κ3) is 4.70. The molecular formula is C16H22N4O. The number of hydrogen-bond acceptors (Lipinski definition) is 4. The van der Waals surface area contributed by atoms with E-state index in [2.05, 4.69) is 22.2 Å². The Balaban J connectivity index is 1.87. The molecule has 1 aromatic carbocycles. The zero-order valence-electron chi connectivity index (χ0n) is 12.4. The van der Waals surface area contributed by atoms with Crippen molar-refractivity contribution < 1.29 is 4.79 Å². The molecule has 0 unspecified atom stereocenters. The zero-order chi connectivity index (χ0) is 15.1. The predicted molar refractivity (Wildman–Crippen MR) is 86.0 cm³/mol. The molecule has 3 N–H and O–H groups in total. The maximum Gasteiger partial charge on any atom is 0.224 e. The van der Waals surface area contributed by atoms with Crippen LogP contribution in [0.5, 0.6) is 0 Å². The van der Waals surface area contributed by atoms with Crippen LogP contribution in [0.15, 0.2) is 24.4 Å². The number of rotatable bonds is 7. The smallest absolute Gasteiger partial charge is 0.224 e. The van der Waals surface area contributed by atoms with Crippen molar-refractivity contribution in [2.45, 2.75) is 45.4 Å². The number of nitrogens with two attached hydrogens (primary N) is 1. The van der Waals surface area contributed by atoms with E-state index < -0.39 is 0 Å². The third-order valence-electron chi connectivity index (χ3n) is 3.39. The maximum absolute atomic E-state index is 11.9. The number of hydrogen-bond donors (Lipinski definition) is 2. The van der Waals surface area contributed by atoms with Crippen molar-refractivity contribution in [3.8, 4) is 0 Å². The van der Waals surface area contributed by atoms with Crippen LogP contribution in [-0.2, 0) is 4.79 Å². The Morgan fingerprint density at radius 2 is 2.05 bits per heavy atom. The SMILES string of the molecule is CCCCCCCC(=O)Nc1ccc2nc(N)ncc2c1. The highest BCUT2D eigenvalue weighted by Gasteiger charge is 2.04. The first-order valence-corrected chi connectivity index (χ1v) is 7.51. The minimum absolute atomic E-state index is 0.0576. The Bertz CT molecular complexity index is 612. The van der Waals surface area contributed by atoms with Gasteiger partial charge in [-0.05, 0) is 24.6 Å². The monoisotopic (exact) mass is 286 g/mol. The molecule has 1 aromatic heterocycles. The van der Waals surface area contributed by atoms with Crippen molar-refractivity contribution in [2.24, 2.45) is 0 Å². The predicted octanol–water partition coefficient (Wildman–Crippen LogP) is 3.51. The molecule has 1 amide bonds. The lowest BCUT2D eigenvalue weighted by molar-refractivity contribution is -0.116. The topological polar surface area (TPSA) is 80.9 Å². The molecule has 0 aliphatic carbocycles. The number of anilines is 2. The Kier molecular flexibility index (Phi) is 5.49. The summed E-state index contributed by atoms with van der Waals surface area (Å²) < 4.78 is 0. The van der Waals surface area contributed by atoms with Gasteiger partial charge in [0.15, 0.2) is 0 Å². The standard InChI is InChI=1S/C16H22N4O/c1-2-3-4-5-6-7-15(21)19-13-8-9-14-12(10-13)11-18-16(17)20-14/h8-11H,2-7H2,1H3,(H,19,21)(H2,17,18,20). The second-order valence-electron chi connectivity index (χ2n) is 5.21. The number of carbonyl (C=O) groups is 1. The lowest BCUT2D eigenvalue weighted by Crippen LogP contribution is -2.11. The van der Waals surface area contributed by atoms with Gasteiger partial charge in [0.1, 0.15) is 0 Å². The number of nitrogen functional groups attached to an aromatic ring is 1. The molecule has 0 atom stereocenters. The molecule has 2 rings (SSSR count). The summed E-state index contributed by atoms with van der Waals surface area (Å²) in [5, 5.41) is 3.78. The van der Waals surface area contributed by atoms with Crippen LogP contribution in [0.3, 0.4) is 0 Å². The molecule has 112 valence electrons. The average molecular weight is 286 g/mol. The molecule has 0 bridgehead atoms. The van der Waals surface area contributed by atoms with Crippen LogP contribution in [0.2, 0.25) is 0 Å². The lowest BCUT2D eigenvalue weighted by Gasteiger charge is -2.06. The Morgan fingerprint density at radius 1 is 1.24 bits per heavy atom. The number of benzene rings is 1. The van der Waals surface area contributed by atoms with Crippen LogP contribution in [-0.4, -0.2) is 15.9 Å². The van der Waals surface area contributed by atoms with E-state index in [1.54, 1.807) is 6.20 Å². The second-order valence-corrected chi connectivity index (χ2v) is 5.21. The molecule has 1 heterocycles.